The van der Waals surface area contributed by atoms with E-state index in [-0.39, 0.29) is 12.1 Å². The van der Waals surface area contributed by atoms with Crippen molar-refractivity contribution in [1.29, 1.82) is 0 Å². The lowest BCUT2D eigenvalue weighted by molar-refractivity contribution is 0.261. The van der Waals surface area contributed by atoms with E-state index >= 15 is 0 Å². The number of amidine groups is 2. The van der Waals surface area contributed by atoms with Crippen LogP contribution in [-0.4, -0.2) is 49.9 Å². The molecule has 0 saturated carbocycles. The number of urea groups is 2. The number of carbonyl (C=O) groups excluding carboxylic acids is 2. The predicted octanol–water partition coefficient (Wildman–Crippen LogP) is 4.76. The van der Waals surface area contributed by atoms with E-state index in [4.69, 9.17) is 0 Å². The number of hydrogen-bond acceptors (Lipinski definition) is 6. The van der Waals surface area contributed by atoms with E-state index in [1.54, 1.807) is 18.2 Å². The number of nitrogens with zero attached hydrogens (tertiary/aromatic N) is 2. The van der Waals surface area contributed by atoms with Crippen LogP contribution in [0.25, 0.3) is 0 Å². The van der Waals surface area contributed by atoms with Crippen LogP contribution in [0.1, 0.15) is 29.5 Å². The fourth-order valence-corrected chi connectivity index (χ4v) is 4.33. The zero-order valence-electron chi connectivity index (χ0n) is 21.8. The van der Waals surface area contributed by atoms with Crippen LogP contribution in [0.2, 0.25) is 0 Å². The van der Waals surface area contributed by atoms with Gasteiger partial charge in [-0.1, -0.05) is 0 Å². The molecule has 2 aliphatic heterocycles. The van der Waals surface area contributed by atoms with E-state index in [2.05, 4.69) is 41.9 Å². The second-order valence-corrected chi connectivity index (χ2v) is 9.36. The number of benzene rings is 3. The minimum absolute atomic E-state index is 0.352. The maximum Gasteiger partial charge on any atom is 0.323 e. The highest BCUT2D eigenvalue weighted by Gasteiger charge is 2.11. The first-order valence-electron chi connectivity index (χ1n) is 13.1. The first-order valence-corrected chi connectivity index (χ1v) is 13.1. The fourth-order valence-electron chi connectivity index (χ4n) is 4.33. The Morgan fingerprint density at radius 1 is 0.641 bits per heavy atom. The van der Waals surface area contributed by atoms with Crippen molar-refractivity contribution in [3.8, 4) is 0 Å². The van der Waals surface area contributed by atoms with E-state index in [0.29, 0.717) is 22.7 Å². The maximum atomic E-state index is 12.6. The summed E-state index contributed by atoms with van der Waals surface area (Å²) in [4.78, 5) is 34.1. The molecule has 3 aromatic rings. The van der Waals surface area contributed by atoms with Gasteiger partial charge in [0.1, 0.15) is 11.7 Å². The van der Waals surface area contributed by atoms with E-state index in [1.165, 1.54) is 0 Å². The largest absolute Gasteiger partial charge is 0.370 e. The Bertz CT molecular complexity index is 1400. The molecule has 0 fully saturated rings. The van der Waals surface area contributed by atoms with Gasteiger partial charge in [-0.3, -0.25) is 9.98 Å². The number of nitrogens with one attached hydrogen (secondary N) is 6. The van der Waals surface area contributed by atoms with Gasteiger partial charge in [0, 0.05) is 60.1 Å². The van der Waals surface area contributed by atoms with Crippen LogP contribution >= 0.6 is 0 Å². The molecular formula is C29H32N8O2. The van der Waals surface area contributed by atoms with Crippen molar-refractivity contribution in [1.82, 2.24) is 10.6 Å². The Balaban J connectivity index is 1.12. The summed E-state index contributed by atoms with van der Waals surface area (Å²) in [5.74, 6) is 1.77. The standard InChI is InChI=1S/C29H32N8O2/c1-19-18-24(36-28(38)34-22-8-4-20(5-9-22)26-30-14-2-15-31-26)12-13-25(19)37-29(39)35-23-10-6-21(7-11-23)27-32-16-3-17-33-27/h4-13,18H,2-3,14-17H2,1H3,(H,30,31)(H,32,33)(H2,34,36,38)(H2,35,37,39). The molecule has 2 heterocycles. The molecule has 2 aliphatic rings. The topological polar surface area (TPSA) is 131 Å². The lowest BCUT2D eigenvalue weighted by Crippen LogP contribution is -2.30. The molecule has 5 rings (SSSR count). The number of aryl methyl sites for hydroxylation is 1. The summed E-state index contributed by atoms with van der Waals surface area (Å²) in [5.41, 5.74) is 5.41. The second-order valence-electron chi connectivity index (χ2n) is 9.36. The first-order chi connectivity index (χ1) is 19.0. The SMILES string of the molecule is Cc1cc(NC(=O)Nc2ccc(C3=NCCCN3)cc2)ccc1NC(=O)Nc1ccc(C2=NCCCN2)cc1. The summed E-state index contributed by atoms with van der Waals surface area (Å²) in [7, 11) is 0. The Labute approximate surface area is 227 Å². The van der Waals surface area contributed by atoms with Crippen LogP contribution in [-0.2, 0) is 0 Å². The van der Waals surface area contributed by atoms with Crippen molar-refractivity contribution in [3.05, 3.63) is 83.4 Å². The highest BCUT2D eigenvalue weighted by molar-refractivity contribution is 6.03. The van der Waals surface area contributed by atoms with Crippen LogP contribution in [0, 0.1) is 6.92 Å². The predicted molar refractivity (Wildman–Crippen MR) is 157 cm³/mol. The minimum Gasteiger partial charge on any atom is -0.370 e. The summed E-state index contributed by atoms with van der Waals surface area (Å²) in [6, 6.07) is 19.7. The summed E-state index contributed by atoms with van der Waals surface area (Å²) < 4.78 is 0. The van der Waals surface area contributed by atoms with Gasteiger partial charge in [0.2, 0.25) is 0 Å². The Kier molecular flexibility index (Phi) is 8.01. The van der Waals surface area contributed by atoms with Gasteiger partial charge in [-0.15, -0.1) is 0 Å². The molecule has 0 radical (unpaired) electrons. The van der Waals surface area contributed by atoms with Crippen LogP contribution < -0.4 is 31.9 Å². The highest BCUT2D eigenvalue weighted by Crippen LogP contribution is 2.21. The summed E-state index contributed by atoms with van der Waals surface area (Å²) >= 11 is 0. The van der Waals surface area contributed by atoms with Crippen molar-refractivity contribution < 1.29 is 9.59 Å². The molecule has 39 heavy (non-hydrogen) atoms. The first kappa shape index (κ1) is 25.8. The van der Waals surface area contributed by atoms with Crippen LogP contribution in [0.3, 0.4) is 0 Å². The van der Waals surface area contributed by atoms with Crippen LogP contribution in [0.4, 0.5) is 32.3 Å². The van der Waals surface area contributed by atoms with Gasteiger partial charge < -0.3 is 31.9 Å². The smallest absolute Gasteiger partial charge is 0.323 e. The molecule has 200 valence electrons. The lowest BCUT2D eigenvalue weighted by atomic mass is 10.1. The van der Waals surface area contributed by atoms with E-state index < -0.39 is 0 Å². The summed E-state index contributed by atoms with van der Waals surface area (Å²) in [5, 5.41) is 18.0. The van der Waals surface area contributed by atoms with Crippen molar-refractivity contribution in [2.24, 2.45) is 9.98 Å². The fraction of sp³-hybridized carbons (Fsp3) is 0.241. The van der Waals surface area contributed by atoms with Gasteiger partial charge in [0.25, 0.3) is 0 Å². The third-order valence-electron chi connectivity index (χ3n) is 6.36. The lowest BCUT2D eigenvalue weighted by Gasteiger charge is -2.15. The van der Waals surface area contributed by atoms with Crippen molar-refractivity contribution in [2.75, 3.05) is 47.4 Å². The Hall–Kier alpha value is -4.86. The average molecular weight is 525 g/mol. The Morgan fingerprint density at radius 2 is 1.10 bits per heavy atom. The molecule has 0 atom stereocenters. The van der Waals surface area contributed by atoms with Crippen molar-refractivity contribution >= 4 is 46.5 Å². The number of rotatable bonds is 6. The minimum atomic E-state index is -0.355. The maximum absolute atomic E-state index is 12.6. The van der Waals surface area contributed by atoms with E-state index in [9.17, 15) is 9.59 Å². The highest BCUT2D eigenvalue weighted by atomic mass is 16.2. The molecule has 4 amide bonds. The quantitative estimate of drug-likeness (QED) is 0.277. The molecule has 6 N–H and O–H groups in total. The summed E-state index contributed by atoms with van der Waals surface area (Å²) in [6.45, 7) is 5.36. The second kappa shape index (κ2) is 12.1. The molecule has 0 saturated heterocycles. The molecule has 10 heteroatoms. The van der Waals surface area contributed by atoms with Crippen LogP contribution in [0.5, 0.6) is 0 Å². The molecule has 3 aromatic carbocycles. The number of carbonyl (C=O) groups is 2. The van der Waals surface area contributed by atoms with Gasteiger partial charge >= 0.3 is 12.1 Å². The third kappa shape index (κ3) is 6.92. The zero-order valence-corrected chi connectivity index (χ0v) is 21.8. The number of aliphatic imine (C=N–C) groups is 2. The number of hydrogen-bond donors (Lipinski definition) is 6. The van der Waals surface area contributed by atoms with Gasteiger partial charge in [0.15, 0.2) is 0 Å². The van der Waals surface area contributed by atoms with Crippen molar-refractivity contribution in [2.45, 2.75) is 19.8 Å². The molecule has 0 bridgehead atoms. The van der Waals surface area contributed by atoms with Gasteiger partial charge in [-0.25, -0.2) is 9.59 Å². The van der Waals surface area contributed by atoms with Crippen molar-refractivity contribution in [3.63, 3.8) is 0 Å². The van der Waals surface area contributed by atoms with Gasteiger partial charge in [-0.05, 0) is 92.1 Å². The number of anilines is 4. The summed E-state index contributed by atoms with van der Waals surface area (Å²) in [6.07, 6.45) is 2.08. The number of amides is 4. The average Bonchev–Trinajstić information content (AvgIpc) is 2.96. The molecule has 10 nitrogen and oxygen atoms in total. The van der Waals surface area contributed by atoms with Gasteiger partial charge in [0.05, 0.1) is 0 Å². The van der Waals surface area contributed by atoms with E-state index in [0.717, 1.165) is 67.4 Å². The third-order valence-corrected chi connectivity index (χ3v) is 6.36. The van der Waals surface area contributed by atoms with Crippen LogP contribution in [0.15, 0.2) is 76.7 Å². The molecular weight excluding hydrogens is 492 g/mol. The molecule has 0 spiro atoms. The normalized spacial score (nSPS) is 14.6. The molecule has 0 unspecified atom stereocenters. The molecule has 0 aliphatic carbocycles. The monoisotopic (exact) mass is 524 g/mol. The van der Waals surface area contributed by atoms with E-state index in [1.807, 2.05) is 55.5 Å². The zero-order chi connectivity index (χ0) is 27.0. The van der Waals surface area contributed by atoms with Gasteiger partial charge in [-0.2, -0.15) is 0 Å². The Morgan fingerprint density at radius 3 is 1.56 bits per heavy atom. The molecule has 0 aromatic heterocycles.